The number of hydrogen-bond acceptors (Lipinski definition) is 6. The molecule has 2 aliphatic heterocycles. The highest BCUT2D eigenvalue weighted by Crippen LogP contribution is 2.42. The summed E-state index contributed by atoms with van der Waals surface area (Å²) in [5, 5.41) is 11.5. The molecular formula is C32H43BrN4O3. The normalized spacial score (nSPS) is 24.6. The fourth-order valence-corrected chi connectivity index (χ4v) is 7.09. The molecule has 1 aliphatic carbocycles. The lowest BCUT2D eigenvalue weighted by Crippen LogP contribution is -2.55. The SMILES string of the molecule is NC1=NC(CCC2CCCCC2)(c2cccc(Br)c2)CC(O)N1CC1CCN(C(=O)COc2ccccc2)CC1. The van der Waals surface area contributed by atoms with Crippen molar-refractivity contribution in [1.82, 2.24) is 9.80 Å². The van der Waals surface area contributed by atoms with Crippen molar-refractivity contribution in [3.8, 4) is 5.75 Å². The van der Waals surface area contributed by atoms with Gasteiger partial charge in [0.05, 0.1) is 5.54 Å². The summed E-state index contributed by atoms with van der Waals surface area (Å²) in [4.78, 5) is 21.6. The molecule has 2 fully saturated rings. The van der Waals surface area contributed by atoms with Gasteiger partial charge in [-0.05, 0) is 67.3 Å². The fourth-order valence-electron chi connectivity index (χ4n) is 6.69. The van der Waals surface area contributed by atoms with Crippen LogP contribution in [0, 0.1) is 11.8 Å². The van der Waals surface area contributed by atoms with Crippen molar-refractivity contribution in [2.24, 2.45) is 22.6 Å². The number of guanidine groups is 1. The van der Waals surface area contributed by atoms with Crippen LogP contribution in [-0.2, 0) is 10.3 Å². The molecular weight excluding hydrogens is 568 g/mol. The van der Waals surface area contributed by atoms with E-state index in [2.05, 4.69) is 28.1 Å². The molecule has 216 valence electrons. The molecule has 3 aliphatic rings. The molecule has 7 nitrogen and oxygen atoms in total. The minimum Gasteiger partial charge on any atom is -0.484 e. The molecule has 1 saturated heterocycles. The van der Waals surface area contributed by atoms with Crippen LogP contribution in [0.1, 0.15) is 69.8 Å². The number of aliphatic hydroxyl groups is 1. The van der Waals surface area contributed by atoms with Crippen molar-refractivity contribution in [2.75, 3.05) is 26.2 Å². The Balaban J connectivity index is 1.20. The summed E-state index contributed by atoms with van der Waals surface area (Å²) in [7, 11) is 0. The molecule has 8 heteroatoms. The second-order valence-corrected chi connectivity index (χ2v) is 12.7. The second-order valence-electron chi connectivity index (χ2n) is 11.8. The third-order valence-corrected chi connectivity index (χ3v) is 9.58. The maximum Gasteiger partial charge on any atom is 0.260 e. The van der Waals surface area contributed by atoms with Crippen LogP contribution in [0.15, 0.2) is 64.1 Å². The zero-order valence-corrected chi connectivity index (χ0v) is 25.0. The van der Waals surface area contributed by atoms with Crippen molar-refractivity contribution in [3.63, 3.8) is 0 Å². The Morgan fingerprint density at radius 2 is 1.77 bits per heavy atom. The van der Waals surface area contributed by atoms with E-state index in [4.69, 9.17) is 15.5 Å². The Hall–Kier alpha value is -2.58. The fraction of sp³-hybridized carbons (Fsp3) is 0.562. The van der Waals surface area contributed by atoms with Crippen LogP contribution < -0.4 is 10.5 Å². The molecule has 2 atom stereocenters. The number of hydrogen-bond donors (Lipinski definition) is 2. The number of aliphatic hydroxyl groups excluding tert-OH is 1. The number of aliphatic imine (C=N–C) groups is 1. The highest BCUT2D eigenvalue weighted by Gasteiger charge is 2.42. The van der Waals surface area contributed by atoms with E-state index in [0.717, 1.165) is 41.6 Å². The van der Waals surface area contributed by atoms with Crippen molar-refractivity contribution in [3.05, 3.63) is 64.6 Å². The minimum atomic E-state index is -0.693. The molecule has 5 rings (SSSR count). The molecule has 2 unspecified atom stereocenters. The number of benzene rings is 2. The first kappa shape index (κ1) is 28.9. The van der Waals surface area contributed by atoms with Crippen LogP contribution in [0.2, 0.25) is 0 Å². The summed E-state index contributed by atoms with van der Waals surface area (Å²) in [6, 6.07) is 17.8. The Morgan fingerprint density at radius 3 is 2.48 bits per heavy atom. The maximum absolute atomic E-state index is 12.7. The van der Waals surface area contributed by atoms with E-state index in [9.17, 15) is 9.90 Å². The number of likely N-dealkylation sites (tertiary alicyclic amines) is 1. The third-order valence-electron chi connectivity index (χ3n) is 9.08. The largest absolute Gasteiger partial charge is 0.484 e. The van der Waals surface area contributed by atoms with Crippen LogP contribution in [-0.4, -0.2) is 59.2 Å². The van der Waals surface area contributed by atoms with Gasteiger partial charge in [-0.25, -0.2) is 4.99 Å². The average molecular weight is 612 g/mol. The number of ether oxygens (including phenoxy) is 1. The molecule has 1 amide bonds. The quantitative estimate of drug-likeness (QED) is 0.382. The van der Waals surface area contributed by atoms with Crippen LogP contribution in [0.5, 0.6) is 5.75 Å². The summed E-state index contributed by atoms with van der Waals surface area (Å²) in [5.41, 5.74) is 7.24. The van der Waals surface area contributed by atoms with Gasteiger partial charge in [0.2, 0.25) is 0 Å². The van der Waals surface area contributed by atoms with E-state index in [-0.39, 0.29) is 12.5 Å². The monoisotopic (exact) mass is 610 g/mol. The topological polar surface area (TPSA) is 91.4 Å². The van der Waals surface area contributed by atoms with Crippen molar-refractivity contribution in [2.45, 2.75) is 76.0 Å². The summed E-state index contributed by atoms with van der Waals surface area (Å²) >= 11 is 3.64. The van der Waals surface area contributed by atoms with Crippen molar-refractivity contribution < 1.29 is 14.6 Å². The van der Waals surface area contributed by atoms with Gasteiger partial charge in [0.1, 0.15) is 12.0 Å². The molecule has 0 radical (unpaired) electrons. The van der Waals surface area contributed by atoms with Gasteiger partial charge in [-0.3, -0.25) is 4.79 Å². The smallest absolute Gasteiger partial charge is 0.260 e. The molecule has 2 heterocycles. The summed E-state index contributed by atoms with van der Waals surface area (Å²) in [6.07, 6.45) is 10.2. The van der Waals surface area contributed by atoms with Crippen LogP contribution in [0.3, 0.4) is 0 Å². The molecule has 0 spiro atoms. The van der Waals surface area contributed by atoms with E-state index in [0.29, 0.717) is 43.7 Å². The number of amides is 1. The standard InChI is InChI=1S/C32H43BrN4O3/c33-27-11-7-10-26(20-27)32(17-14-24-8-3-1-4-9-24)21-29(38)37(31(34)35-32)22-25-15-18-36(19-16-25)30(39)23-40-28-12-5-2-6-13-28/h2,5-7,10-13,20,24-25,29,38H,1,3-4,8-9,14-19,21-23H2,(H2,34,35). The van der Waals surface area contributed by atoms with Gasteiger partial charge < -0.3 is 25.4 Å². The third kappa shape index (κ3) is 7.19. The van der Waals surface area contributed by atoms with E-state index < -0.39 is 11.8 Å². The molecule has 2 aromatic rings. The maximum atomic E-state index is 12.7. The predicted molar refractivity (Wildman–Crippen MR) is 162 cm³/mol. The lowest BCUT2D eigenvalue weighted by molar-refractivity contribution is -0.135. The predicted octanol–water partition coefficient (Wildman–Crippen LogP) is 5.66. The van der Waals surface area contributed by atoms with Crippen LogP contribution in [0.25, 0.3) is 0 Å². The Morgan fingerprint density at radius 1 is 1.02 bits per heavy atom. The summed E-state index contributed by atoms with van der Waals surface area (Å²) < 4.78 is 6.67. The molecule has 0 aromatic heterocycles. The van der Waals surface area contributed by atoms with E-state index in [1.807, 2.05) is 52.3 Å². The van der Waals surface area contributed by atoms with Crippen molar-refractivity contribution in [1.29, 1.82) is 0 Å². The Labute approximate surface area is 246 Å². The number of rotatable bonds is 9. The number of halogens is 1. The number of nitrogens with two attached hydrogens (primary N) is 1. The molecule has 40 heavy (non-hydrogen) atoms. The highest BCUT2D eigenvalue weighted by atomic mass is 79.9. The lowest BCUT2D eigenvalue weighted by atomic mass is 9.76. The second kappa shape index (κ2) is 13.4. The van der Waals surface area contributed by atoms with Crippen molar-refractivity contribution >= 4 is 27.8 Å². The number of carbonyl (C=O) groups excluding carboxylic acids is 1. The van der Waals surface area contributed by atoms with Gasteiger partial charge in [-0.1, -0.05) is 78.4 Å². The summed E-state index contributed by atoms with van der Waals surface area (Å²) in [6.45, 7) is 2.08. The number of para-hydroxylation sites is 1. The van der Waals surface area contributed by atoms with Gasteiger partial charge in [-0.15, -0.1) is 0 Å². The van der Waals surface area contributed by atoms with Gasteiger partial charge >= 0.3 is 0 Å². The van der Waals surface area contributed by atoms with Gasteiger partial charge in [0.15, 0.2) is 12.6 Å². The first-order valence-electron chi connectivity index (χ1n) is 14.9. The molecule has 2 aromatic carbocycles. The molecule has 0 bridgehead atoms. The van der Waals surface area contributed by atoms with E-state index in [1.54, 1.807) is 0 Å². The Bertz CT molecular complexity index is 1150. The van der Waals surface area contributed by atoms with E-state index >= 15 is 0 Å². The lowest BCUT2D eigenvalue weighted by Gasteiger charge is -2.45. The minimum absolute atomic E-state index is 0.0122. The summed E-state index contributed by atoms with van der Waals surface area (Å²) in [5.74, 6) is 2.21. The molecule has 1 saturated carbocycles. The first-order valence-corrected chi connectivity index (χ1v) is 15.7. The van der Waals surface area contributed by atoms with Crippen LogP contribution >= 0.6 is 15.9 Å². The zero-order chi connectivity index (χ0) is 28.0. The number of carbonyl (C=O) groups is 1. The van der Waals surface area contributed by atoms with Gasteiger partial charge in [-0.2, -0.15) is 0 Å². The highest BCUT2D eigenvalue weighted by molar-refractivity contribution is 9.10. The molecule has 3 N–H and O–H groups in total. The van der Waals surface area contributed by atoms with Crippen LogP contribution in [0.4, 0.5) is 0 Å². The number of piperidine rings is 1. The van der Waals surface area contributed by atoms with Gasteiger partial charge in [0.25, 0.3) is 5.91 Å². The zero-order valence-electron chi connectivity index (χ0n) is 23.4. The van der Waals surface area contributed by atoms with Gasteiger partial charge in [0, 0.05) is 30.5 Å². The van der Waals surface area contributed by atoms with E-state index in [1.165, 1.54) is 32.1 Å². The first-order chi connectivity index (χ1) is 19.4. The average Bonchev–Trinajstić information content (AvgIpc) is 2.98. The number of nitrogens with zero attached hydrogens (tertiary/aromatic N) is 3. The Kier molecular flexibility index (Phi) is 9.68.